The van der Waals surface area contributed by atoms with Gasteiger partial charge in [0.2, 0.25) is 11.0 Å². The summed E-state index contributed by atoms with van der Waals surface area (Å²) in [6.45, 7) is 7.17. The minimum atomic E-state index is -3.82. The Bertz CT molecular complexity index is 915. The standard InChI is InChI=1S/C16H20N4O3S2/c1-10-9-11-7-5-6-8-12(11)20(10)25(22,23)15-19-18-14(24-15)17-13(21)16(2,3)4/h5-8,10H,9H2,1-4H3,(H,17,18,21)/t10-/m0/s1. The third-order valence-electron chi connectivity index (χ3n) is 3.93. The van der Waals surface area contributed by atoms with Crippen molar-refractivity contribution in [3.63, 3.8) is 0 Å². The van der Waals surface area contributed by atoms with Crippen LogP contribution in [-0.4, -0.2) is 30.6 Å². The van der Waals surface area contributed by atoms with E-state index in [2.05, 4.69) is 15.5 Å². The van der Waals surface area contributed by atoms with Crippen molar-refractivity contribution in [3.8, 4) is 0 Å². The van der Waals surface area contributed by atoms with Crippen LogP contribution in [0.15, 0.2) is 28.6 Å². The zero-order valence-electron chi connectivity index (χ0n) is 14.5. The number of nitrogens with one attached hydrogen (secondary N) is 1. The van der Waals surface area contributed by atoms with Crippen molar-refractivity contribution in [1.82, 2.24) is 10.2 Å². The van der Waals surface area contributed by atoms with E-state index in [1.807, 2.05) is 25.1 Å². The molecule has 1 aliphatic heterocycles. The van der Waals surface area contributed by atoms with Crippen LogP contribution in [0.5, 0.6) is 0 Å². The average Bonchev–Trinajstić information content (AvgIpc) is 3.10. The summed E-state index contributed by atoms with van der Waals surface area (Å²) in [5.41, 5.74) is 1.06. The molecule has 1 aromatic heterocycles. The Morgan fingerprint density at radius 3 is 2.64 bits per heavy atom. The summed E-state index contributed by atoms with van der Waals surface area (Å²) in [6, 6.07) is 7.23. The summed E-state index contributed by atoms with van der Waals surface area (Å²) < 4.78 is 27.3. The van der Waals surface area contributed by atoms with Gasteiger partial charge in [-0.05, 0) is 25.0 Å². The lowest BCUT2D eigenvalue weighted by Crippen LogP contribution is -2.35. The van der Waals surface area contributed by atoms with E-state index in [0.29, 0.717) is 12.1 Å². The first kappa shape index (κ1) is 17.8. The summed E-state index contributed by atoms with van der Waals surface area (Å²) in [7, 11) is -3.82. The lowest BCUT2D eigenvalue weighted by Gasteiger charge is -2.22. The molecule has 0 unspecified atom stereocenters. The molecule has 0 bridgehead atoms. The molecule has 0 spiro atoms. The molecule has 3 rings (SSSR count). The van der Waals surface area contributed by atoms with Crippen LogP contribution in [0.2, 0.25) is 0 Å². The van der Waals surface area contributed by atoms with Crippen LogP contribution < -0.4 is 9.62 Å². The molecule has 2 heterocycles. The van der Waals surface area contributed by atoms with Crippen LogP contribution in [0.25, 0.3) is 0 Å². The number of hydrogen-bond donors (Lipinski definition) is 1. The second-order valence-electron chi connectivity index (χ2n) is 7.06. The predicted molar refractivity (Wildman–Crippen MR) is 97.3 cm³/mol. The van der Waals surface area contributed by atoms with E-state index in [1.165, 1.54) is 4.31 Å². The molecule has 1 amide bonds. The molecule has 134 valence electrons. The van der Waals surface area contributed by atoms with Crippen molar-refractivity contribution in [2.45, 2.75) is 44.5 Å². The lowest BCUT2D eigenvalue weighted by atomic mass is 9.96. The van der Waals surface area contributed by atoms with Gasteiger partial charge in [-0.2, -0.15) is 8.42 Å². The number of nitrogens with zero attached hydrogens (tertiary/aromatic N) is 3. The number of aromatic nitrogens is 2. The summed E-state index contributed by atoms with van der Waals surface area (Å²) >= 11 is 0.864. The molecule has 0 fully saturated rings. The number of carbonyl (C=O) groups is 1. The van der Waals surface area contributed by atoms with Crippen molar-refractivity contribution in [3.05, 3.63) is 29.8 Å². The number of fused-ring (bicyclic) bond motifs is 1. The van der Waals surface area contributed by atoms with E-state index in [-0.39, 0.29) is 21.4 Å². The molecule has 0 saturated heterocycles. The molecule has 0 saturated carbocycles. The molecular formula is C16H20N4O3S2. The zero-order valence-corrected chi connectivity index (χ0v) is 16.1. The number of rotatable bonds is 3. The fourth-order valence-corrected chi connectivity index (χ4v) is 5.31. The minimum Gasteiger partial charge on any atom is -0.300 e. The average molecular weight is 380 g/mol. The van der Waals surface area contributed by atoms with Crippen molar-refractivity contribution in [2.75, 3.05) is 9.62 Å². The number of amides is 1. The molecule has 25 heavy (non-hydrogen) atoms. The summed E-state index contributed by atoms with van der Waals surface area (Å²) in [5, 5.41) is 10.4. The van der Waals surface area contributed by atoms with E-state index in [0.717, 1.165) is 16.9 Å². The third-order valence-corrected chi connectivity index (χ3v) is 7.05. The van der Waals surface area contributed by atoms with Gasteiger partial charge in [0.15, 0.2) is 0 Å². The molecule has 1 aromatic carbocycles. The monoisotopic (exact) mass is 380 g/mol. The Kier molecular flexibility index (Phi) is 4.32. The second kappa shape index (κ2) is 6.06. The molecule has 0 aliphatic carbocycles. The van der Waals surface area contributed by atoms with Crippen molar-refractivity contribution in [2.24, 2.45) is 5.41 Å². The van der Waals surface area contributed by atoms with E-state index in [1.54, 1.807) is 26.8 Å². The Morgan fingerprint density at radius 2 is 1.96 bits per heavy atom. The molecule has 0 radical (unpaired) electrons. The largest absolute Gasteiger partial charge is 0.300 e. The maximum Gasteiger partial charge on any atom is 0.293 e. The van der Waals surface area contributed by atoms with Gasteiger partial charge in [0, 0.05) is 11.5 Å². The highest BCUT2D eigenvalue weighted by Gasteiger charge is 2.38. The second-order valence-corrected chi connectivity index (χ2v) is 10.0. The van der Waals surface area contributed by atoms with Gasteiger partial charge in [0.05, 0.1) is 5.69 Å². The van der Waals surface area contributed by atoms with Gasteiger partial charge in [-0.3, -0.25) is 9.10 Å². The minimum absolute atomic E-state index is 0.125. The Labute approximate surface area is 151 Å². The number of hydrogen-bond acceptors (Lipinski definition) is 6. The van der Waals surface area contributed by atoms with Crippen LogP contribution >= 0.6 is 11.3 Å². The number of para-hydroxylation sites is 1. The third kappa shape index (κ3) is 3.25. The van der Waals surface area contributed by atoms with Crippen LogP contribution in [0.3, 0.4) is 0 Å². The Morgan fingerprint density at radius 1 is 1.28 bits per heavy atom. The van der Waals surface area contributed by atoms with Gasteiger partial charge in [0.1, 0.15) is 0 Å². The van der Waals surface area contributed by atoms with Gasteiger partial charge in [0.25, 0.3) is 14.4 Å². The zero-order chi connectivity index (χ0) is 18.4. The maximum atomic E-state index is 13.0. The highest BCUT2D eigenvalue weighted by atomic mass is 32.2. The van der Waals surface area contributed by atoms with Gasteiger partial charge < -0.3 is 5.32 Å². The topological polar surface area (TPSA) is 92.3 Å². The lowest BCUT2D eigenvalue weighted by molar-refractivity contribution is -0.123. The van der Waals surface area contributed by atoms with Gasteiger partial charge in [-0.1, -0.05) is 50.3 Å². The molecule has 2 aromatic rings. The normalized spacial score (nSPS) is 17.4. The van der Waals surface area contributed by atoms with E-state index in [4.69, 9.17) is 0 Å². The summed E-state index contributed by atoms with van der Waals surface area (Å²) in [5.74, 6) is -0.243. The van der Waals surface area contributed by atoms with Gasteiger partial charge in [-0.15, -0.1) is 10.2 Å². The molecule has 1 N–H and O–H groups in total. The van der Waals surface area contributed by atoms with Crippen LogP contribution in [0.4, 0.5) is 10.8 Å². The highest BCUT2D eigenvalue weighted by Crippen LogP contribution is 2.37. The SMILES string of the molecule is C[C@H]1Cc2ccccc2N1S(=O)(=O)c1nnc(NC(=O)C(C)(C)C)s1. The van der Waals surface area contributed by atoms with Crippen LogP contribution in [-0.2, 0) is 21.2 Å². The smallest absolute Gasteiger partial charge is 0.293 e. The van der Waals surface area contributed by atoms with Crippen LogP contribution in [0.1, 0.15) is 33.3 Å². The number of anilines is 2. The molecule has 1 aliphatic rings. The van der Waals surface area contributed by atoms with Crippen molar-refractivity contribution < 1.29 is 13.2 Å². The molecule has 1 atom stereocenters. The summed E-state index contributed by atoms with van der Waals surface area (Å²) in [6.07, 6.45) is 0.655. The van der Waals surface area contributed by atoms with Gasteiger partial charge >= 0.3 is 0 Å². The first-order valence-corrected chi connectivity index (χ1v) is 10.1. The van der Waals surface area contributed by atoms with Gasteiger partial charge in [-0.25, -0.2) is 0 Å². The number of sulfonamides is 1. The quantitative estimate of drug-likeness (QED) is 0.827. The van der Waals surface area contributed by atoms with Crippen LogP contribution in [0, 0.1) is 5.41 Å². The summed E-state index contributed by atoms with van der Waals surface area (Å²) in [4.78, 5) is 12.0. The fraction of sp³-hybridized carbons (Fsp3) is 0.438. The first-order valence-electron chi connectivity index (χ1n) is 7.88. The maximum absolute atomic E-state index is 13.0. The van der Waals surface area contributed by atoms with Crippen molar-refractivity contribution in [1.29, 1.82) is 0 Å². The van der Waals surface area contributed by atoms with E-state index in [9.17, 15) is 13.2 Å². The Hall–Kier alpha value is -2.00. The predicted octanol–water partition coefficient (Wildman–Crippen LogP) is 2.66. The first-order chi connectivity index (χ1) is 11.6. The molecule has 7 nitrogen and oxygen atoms in total. The molecular weight excluding hydrogens is 360 g/mol. The molecule has 9 heteroatoms. The number of carbonyl (C=O) groups excluding carboxylic acids is 1. The highest BCUT2D eigenvalue weighted by molar-refractivity contribution is 7.94. The van der Waals surface area contributed by atoms with Crippen molar-refractivity contribution >= 4 is 38.1 Å². The van der Waals surface area contributed by atoms with E-state index >= 15 is 0 Å². The number of benzene rings is 1. The fourth-order valence-electron chi connectivity index (χ4n) is 2.64. The Balaban J connectivity index is 1.91. The van der Waals surface area contributed by atoms with E-state index < -0.39 is 15.4 Å².